The van der Waals surface area contributed by atoms with E-state index in [0.29, 0.717) is 23.5 Å². The minimum atomic E-state index is 0.140. The first-order valence-electron chi connectivity index (χ1n) is 12.4. The molecular weight excluding hydrogens is 404 g/mol. The molecule has 0 aromatic heterocycles. The quantitative estimate of drug-likeness (QED) is 0.379. The lowest BCUT2D eigenvalue weighted by atomic mass is 9.98. The maximum atomic E-state index is 9.01. The number of hydrogen-bond acceptors (Lipinski definition) is 2. The number of rotatable bonds is 7. The van der Waals surface area contributed by atoms with Crippen molar-refractivity contribution < 1.29 is 10.2 Å². The lowest BCUT2D eigenvalue weighted by molar-refractivity contribution is 0.282. The topological polar surface area (TPSA) is 40.5 Å². The van der Waals surface area contributed by atoms with E-state index >= 15 is 0 Å². The van der Waals surface area contributed by atoms with Crippen LogP contribution in [0.1, 0.15) is 101 Å². The first-order valence-corrected chi connectivity index (χ1v) is 12.4. The van der Waals surface area contributed by atoms with E-state index in [0.717, 1.165) is 12.0 Å². The van der Waals surface area contributed by atoms with E-state index in [4.69, 9.17) is 10.2 Å². The third-order valence-electron chi connectivity index (χ3n) is 6.40. The van der Waals surface area contributed by atoms with Crippen molar-refractivity contribution in [3.05, 3.63) is 101 Å². The van der Waals surface area contributed by atoms with Gasteiger partial charge in [-0.25, -0.2) is 0 Å². The van der Waals surface area contributed by atoms with Gasteiger partial charge in [0, 0.05) is 0 Å². The van der Waals surface area contributed by atoms with Gasteiger partial charge < -0.3 is 10.2 Å². The highest BCUT2D eigenvalue weighted by molar-refractivity contribution is 5.28. The fourth-order valence-corrected chi connectivity index (χ4v) is 3.24. The zero-order valence-electron chi connectivity index (χ0n) is 21.5. The Morgan fingerprint density at radius 3 is 1.27 bits per heavy atom. The van der Waals surface area contributed by atoms with Crippen LogP contribution in [0.4, 0.5) is 0 Å². The summed E-state index contributed by atoms with van der Waals surface area (Å²) < 4.78 is 0. The zero-order valence-corrected chi connectivity index (χ0v) is 21.5. The average Bonchev–Trinajstić information content (AvgIpc) is 2.89. The number of benzene rings is 3. The van der Waals surface area contributed by atoms with Crippen molar-refractivity contribution in [3.8, 4) is 5.75 Å². The molecule has 3 rings (SSSR count). The van der Waals surface area contributed by atoms with Crippen molar-refractivity contribution >= 4 is 0 Å². The summed E-state index contributed by atoms with van der Waals surface area (Å²) in [6.45, 7) is 13.4. The monoisotopic (exact) mass is 448 g/mol. The van der Waals surface area contributed by atoms with Gasteiger partial charge in [-0.15, -0.1) is 0 Å². The number of hydrogen-bond donors (Lipinski definition) is 2. The Morgan fingerprint density at radius 2 is 0.909 bits per heavy atom. The van der Waals surface area contributed by atoms with Gasteiger partial charge in [-0.05, 0) is 71.4 Å². The minimum Gasteiger partial charge on any atom is -0.508 e. The predicted molar refractivity (Wildman–Crippen MR) is 143 cm³/mol. The first kappa shape index (κ1) is 28.5. The molecule has 0 radical (unpaired) electrons. The van der Waals surface area contributed by atoms with Crippen LogP contribution in [-0.2, 0) is 6.61 Å². The summed E-state index contributed by atoms with van der Waals surface area (Å²) in [5.74, 6) is 2.27. The van der Waals surface area contributed by atoms with E-state index < -0.39 is 0 Å². The van der Waals surface area contributed by atoms with Gasteiger partial charge in [-0.3, -0.25) is 0 Å². The van der Waals surface area contributed by atoms with Crippen LogP contribution in [0.3, 0.4) is 0 Å². The average molecular weight is 449 g/mol. The molecule has 0 spiro atoms. The lowest BCUT2D eigenvalue weighted by Gasteiger charge is -2.08. The van der Waals surface area contributed by atoms with Gasteiger partial charge in [0.05, 0.1) is 6.61 Å². The van der Waals surface area contributed by atoms with Gasteiger partial charge in [-0.2, -0.15) is 0 Å². The lowest BCUT2D eigenvalue weighted by Crippen LogP contribution is -1.91. The van der Waals surface area contributed by atoms with Crippen LogP contribution in [-0.4, -0.2) is 10.2 Å². The molecule has 0 aliphatic heterocycles. The van der Waals surface area contributed by atoms with E-state index in [1.165, 1.54) is 29.5 Å². The fraction of sp³-hybridized carbons (Fsp3) is 0.419. The maximum absolute atomic E-state index is 9.01. The van der Waals surface area contributed by atoms with Gasteiger partial charge in [0.1, 0.15) is 5.75 Å². The summed E-state index contributed by atoms with van der Waals surface area (Å²) in [5.41, 5.74) is 5.09. The molecule has 0 amide bonds. The normalized spacial score (nSPS) is 12.9. The van der Waals surface area contributed by atoms with Crippen molar-refractivity contribution in [1.82, 2.24) is 0 Å². The minimum absolute atomic E-state index is 0.140. The third-order valence-corrected chi connectivity index (χ3v) is 6.40. The first-order chi connectivity index (χ1) is 15.9. The summed E-state index contributed by atoms with van der Waals surface area (Å²) in [6, 6.07) is 26.2. The summed E-state index contributed by atoms with van der Waals surface area (Å²) in [5, 5.41) is 17.8. The summed E-state index contributed by atoms with van der Waals surface area (Å²) in [4.78, 5) is 0. The third kappa shape index (κ3) is 10.7. The molecule has 0 aliphatic carbocycles. The summed E-state index contributed by atoms with van der Waals surface area (Å²) in [7, 11) is 0. The molecule has 0 saturated heterocycles. The van der Waals surface area contributed by atoms with Crippen molar-refractivity contribution in [2.24, 2.45) is 0 Å². The molecular formula is C31H44O2. The molecule has 2 nitrogen and oxygen atoms in total. The van der Waals surface area contributed by atoms with Crippen molar-refractivity contribution in [3.63, 3.8) is 0 Å². The molecule has 0 saturated carbocycles. The van der Waals surface area contributed by atoms with Crippen LogP contribution >= 0.6 is 0 Å². The zero-order chi connectivity index (χ0) is 24.6. The summed E-state index contributed by atoms with van der Waals surface area (Å²) in [6.07, 6.45) is 3.53. The van der Waals surface area contributed by atoms with E-state index in [1.807, 2.05) is 24.3 Å². The highest BCUT2D eigenvalue weighted by Crippen LogP contribution is 2.21. The Hall–Kier alpha value is -2.58. The number of aliphatic hydroxyl groups excluding tert-OH is 1. The molecule has 2 heteroatoms. The molecule has 3 aromatic carbocycles. The van der Waals surface area contributed by atoms with Crippen molar-refractivity contribution in [2.45, 2.75) is 85.2 Å². The van der Waals surface area contributed by atoms with Gasteiger partial charge in [0.25, 0.3) is 0 Å². The van der Waals surface area contributed by atoms with E-state index in [2.05, 4.69) is 84.0 Å². The number of phenols is 1. The predicted octanol–water partition coefficient (Wildman–Crippen LogP) is 8.80. The molecule has 3 unspecified atom stereocenters. The Labute approximate surface area is 202 Å². The Balaban J connectivity index is 0.000000249. The molecule has 0 aliphatic rings. The highest BCUT2D eigenvalue weighted by atomic mass is 16.3. The molecule has 2 N–H and O–H groups in total. The second-order valence-electron chi connectivity index (χ2n) is 8.83. The molecule has 3 atom stereocenters. The number of aliphatic hydroxyl groups is 1. The second kappa shape index (κ2) is 16.1. The maximum Gasteiger partial charge on any atom is 0.115 e. The number of aromatic hydroxyl groups is 1. The smallest absolute Gasteiger partial charge is 0.115 e. The van der Waals surface area contributed by atoms with Gasteiger partial charge in [-0.1, -0.05) is 108 Å². The van der Waals surface area contributed by atoms with Gasteiger partial charge in [0.15, 0.2) is 0 Å². The van der Waals surface area contributed by atoms with E-state index in [9.17, 15) is 0 Å². The Kier molecular flexibility index (Phi) is 13.9. The Bertz CT molecular complexity index is 854. The molecule has 180 valence electrons. The van der Waals surface area contributed by atoms with Crippen LogP contribution in [0.25, 0.3) is 0 Å². The van der Waals surface area contributed by atoms with Crippen LogP contribution in [0, 0.1) is 0 Å². The second-order valence-corrected chi connectivity index (χ2v) is 8.83. The van der Waals surface area contributed by atoms with Crippen LogP contribution in [0.15, 0.2) is 78.9 Å². The molecule has 33 heavy (non-hydrogen) atoms. The molecule has 3 aromatic rings. The van der Waals surface area contributed by atoms with Crippen molar-refractivity contribution in [2.75, 3.05) is 0 Å². The van der Waals surface area contributed by atoms with Crippen LogP contribution in [0.2, 0.25) is 0 Å². The number of phenolic OH excluding ortho intramolecular Hbond substituents is 1. The van der Waals surface area contributed by atoms with Crippen LogP contribution in [0.5, 0.6) is 5.75 Å². The molecule has 0 fully saturated rings. The SMILES string of the molecule is CCC(C)c1ccc(CO)cc1.CCC(C)c1ccc(O)cc1.CCC(C)c1ccccc1. The highest BCUT2D eigenvalue weighted by Gasteiger charge is 2.02. The largest absolute Gasteiger partial charge is 0.508 e. The van der Waals surface area contributed by atoms with E-state index in [-0.39, 0.29) is 6.61 Å². The Morgan fingerprint density at radius 1 is 0.545 bits per heavy atom. The summed E-state index contributed by atoms with van der Waals surface area (Å²) >= 11 is 0. The molecule has 0 heterocycles. The fourth-order valence-electron chi connectivity index (χ4n) is 3.24. The van der Waals surface area contributed by atoms with Crippen LogP contribution < -0.4 is 0 Å². The molecule has 0 bridgehead atoms. The van der Waals surface area contributed by atoms with E-state index in [1.54, 1.807) is 12.1 Å². The van der Waals surface area contributed by atoms with Gasteiger partial charge in [0.2, 0.25) is 0 Å². The van der Waals surface area contributed by atoms with Crippen molar-refractivity contribution in [1.29, 1.82) is 0 Å². The standard InChI is InChI=1S/C11H16O.C10H14O.C10H14/c1-3-9(2)11-6-4-10(8-12)5-7-11;1-3-8(2)9-4-6-10(11)7-5-9;1-3-9(2)10-7-5-4-6-8-10/h4-7,9,12H,3,8H2,1-2H3;4-8,11H,3H2,1-2H3;4-9H,3H2,1-2H3. The van der Waals surface area contributed by atoms with Gasteiger partial charge >= 0.3 is 0 Å².